The Morgan fingerprint density at radius 2 is 2.24 bits per heavy atom. The molecule has 94 valence electrons. The molecule has 2 atom stereocenters. The van der Waals surface area contributed by atoms with E-state index >= 15 is 0 Å². The Bertz CT molecular complexity index is 380. The van der Waals surface area contributed by atoms with E-state index in [1.807, 2.05) is 18.2 Å². The molecule has 2 nitrogen and oxygen atoms in total. The van der Waals surface area contributed by atoms with Crippen LogP contribution in [0.5, 0.6) is 0 Å². The summed E-state index contributed by atoms with van der Waals surface area (Å²) in [6.07, 6.45) is 5.41. The highest BCUT2D eigenvalue weighted by Gasteiger charge is 2.19. The molecule has 1 aliphatic carbocycles. The van der Waals surface area contributed by atoms with Gasteiger partial charge in [0.2, 0.25) is 0 Å². The van der Waals surface area contributed by atoms with E-state index in [4.69, 9.17) is 22.1 Å². The smallest absolute Gasteiger partial charge is 0.0721 e. The summed E-state index contributed by atoms with van der Waals surface area (Å²) in [5, 5.41) is 0.611. The molecule has 1 saturated carbocycles. The van der Waals surface area contributed by atoms with Crippen molar-refractivity contribution >= 4 is 17.3 Å². The van der Waals surface area contributed by atoms with Crippen LogP contribution in [0, 0.1) is 5.92 Å². The van der Waals surface area contributed by atoms with E-state index in [0.29, 0.717) is 23.4 Å². The first-order valence-corrected chi connectivity index (χ1v) is 6.68. The second kappa shape index (κ2) is 5.74. The van der Waals surface area contributed by atoms with Gasteiger partial charge in [-0.15, -0.1) is 0 Å². The number of nitrogen functional groups attached to an aromatic ring is 1. The second-order valence-corrected chi connectivity index (χ2v) is 5.47. The summed E-state index contributed by atoms with van der Waals surface area (Å²) in [6.45, 7) is 2.94. The Hall–Kier alpha value is -0.730. The number of anilines is 1. The molecule has 1 fully saturated rings. The summed E-state index contributed by atoms with van der Waals surface area (Å²) in [5.74, 6) is 0.795. The maximum atomic E-state index is 5.94. The summed E-state index contributed by atoms with van der Waals surface area (Å²) in [4.78, 5) is 0. The van der Waals surface area contributed by atoms with Crippen molar-refractivity contribution in [2.75, 3.05) is 5.73 Å². The van der Waals surface area contributed by atoms with Gasteiger partial charge in [-0.05, 0) is 36.5 Å². The SMILES string of the molecule is CC1CCCC(OCc2ccc(Cl)c(N)c2)C1. The van der Waals surface area contributed by atoms with Gasteiger partial charge in [0.05, 0.1) is 23.4 Å². The van der Waals surface area contributed by atoms with E-state index < -0.39 is 0 Å². The molecule has 0 aromatic heterocycles. The Kier molecular flexibility index (Phi) is 4.30. The van der Waals surface area contributed by atoms with E-state index in [2.05, 4.69) is 6.92 Å². The van der Waals surface area contributed by atoms with Crippen LogP contribution in [0.4, 0.5) is 5.69 Å². The Morgan fingerprint density at radius 1 is 1.41 bits per heavy atom. The number of benzene rings is 1. The zero-order valence-corrected chi connectivity index (χ0v) is 11.0. The third-order valence-corrected chi connectivity index (χ3v) is 3.78. The molecule has 17 heavy (non-hydrogen) atoms. The van der Waals surface area contributed by atoms with Crippen LogP contribution in [-0.4, -0.2) is 6.10 Å². The van der Waals surface area contributed by atoms with E-state index in [-0.39, 0.29) is 0 Å². The molecule has 0 aliphatic heterocycles. The summed E-state index contributed by atoms with van der Waals surface area (Å²) in [7, 11) is 0. The lowest BCUT2D eigenvalue weighted by Crippen LogP contribution is -2.21. The van der Waals surface area contributed by atoms with Crippen LogP contribution in [0.15, 0.2) is 18.2 Å². The van der Waals surface area contributed by atoms with Crippen molar-refractivity contribution < 1.29 is 4.74 Å². The zero-order valence-electron chi connectivity index (χ0n) is 10.3. The number of nitrogens with two attached hydrogens (primary N) is 1. The third-order valence-electron chi connectivity index (χ3n) is 3.43. The van der Waals surface area contributed by atoms with Crippen molar-refractivity contribution in [1.29, 1.82) is 0 Å². The van der Waals surface area contributed by atoms with Gasteiger partial charge in [-0.1, -0.05) is 37.4 Å². The van der Waals surface area contributed by atoms with Crippen molar-refractivity contribution in [2.45, 2.75) is 45.3 Å². The molecule has 0 radical (unpaired) electrons. The molecule has 0 bridgehead atoms. The molecule has 3 heteroatoms. The summed E-state index contributed by atoms with van der Waals surface area (Å²) in [6, 6.07) is 5.71. The van der Waals surface area contributed by atoms with Crippen LogP contribution in [0.3, 0.4) is 0 Å². The van der Waals surface area contributed by atoms with Gasteiger partial charge in [0.15, 0.2) is 0 Å². The molecule has 1 aromatic rings. The zero-order chi connectivity index (χ0) is 12.3. The molecular formula is C14H20ClNO. The first-order chi connectivity index (χ1) is 8.15. The minimum atomic E-state index is 0.413. The average molecular weight is 254 g/mol. The summed E-state index contributed by atoms with van der Waals surface area (Å²) < 4.78 is 5.94. The van der Waals surface area contributed by atoms with Gasteiger partial charge >= 0.3 is 0 Å². The largest absolute Gasteiger partial charge is 0.398 e. The number of ether oxygens (including phenoxy) is 1. The summed E-state index contributed by atoms with van der Waals surface area (Å²) in [5.41, 5.74) is 7.50. The maximum Gasteiger partial charge on any atom is 0.0721 e. The van der Waals surface area contributed by atoms with Crippen molar-refractivity contribution in [3.63, 3.8) is 0 Å². The lowest BCUT2D eigenvalue weighted by atomic mass is 9.89. The van der Waals surface area contributed by atoms with Gasteiger partial charge in [0, 0.05) is 0 Å². The molecule has 1 aliphatic rings. The van der Waals surface area contributed by atoms with Gasteiger partial charge in [-0.2, -0.15) is 0 Å². The highest BCUT2D eigenvalue weighted by molar-refractivity contribution is 6.33. The van der Waals surface area contributed by atoms with E-state index in [9.17, 15) is 0 Å². The molecule has 1 aromatic carbocycles. The van der Waals surface area contributed by atoms with E-state index in [0.717, 1.165) is 11.5 Å². The van der Waals surface area contributed by atoms with Crippen LogP contribution >= 0.6 is 11.6 Å². The Balaban J connectivity index is 1.86. The van der Waals surface area contributed by atoms with Gasteiger partial charge < -0.3 is 10.5 Å². The minimum Gasteiger partial charge on any atom is -0.398 e. The van der Waals surface area contributed by atoms with Gasteiger partial charge in [0.1, 0.15) is 0 Å². The van der Waals surface area contributed by atoms with Crippen LogP contribution in [0.25, 0.3) is 0 Å². The van der Waals surface area contributed by atoms with Crippen LogP contribution < -0.4 is 5.73 Å². The fraction of sp³-hybridized carbons (Fsp3) is 0.571. The Labute approximate surface area is 108 Å². The highest BCUT2D eigenvalue weighted by atomic mass is 35.5. The highest BCUT2D eigenvalue weighted by Crippen LogP contribution is 2.27. The third kappa shape index (κ3) is 3.62. The van der Waals surface area contributed by atoms with Crippen molar-refractivity contribution in [1.82, 2.24) is 0 Å². The summed E-state index contributed by atoms with van der Waals surface area (Å²) >= 11 is 5.88. The topological polar surface area (TPSA) is 35.2 Å². The first-order valence-electron chi connectivity index (χ1n) is 6.30. The molecule has 0 saturated heterocycles. The monoisotopic (exact) mass is 253 g/mol. The number of rotatable bonds is 3. The molecule has 2 unspecified atom stereocenters. The quantitative estimate of drug-likeness (QED) is 0.826. The predicted molar refractivity (Wildman–Crippen MR) is 72.1 cm³/mol. The molecule has 0 spiro atoms. The van der Waals surface area contributed by atoms with Crippen molar-refractivity contribution in [2.24, 2.45) is 5.92 Å². The standard InChI is InChI=1S/C14H20ClNO/c1-10-3-2-4-12(7-10)17-9-11-5-6-13(15)14(16)8-11/h5-6,8,10,12H,2-4,7,9,16H2,1H3. The normalized spacial score (nSPS) is 24.8. The number of hydrogen-bond donors (Lipinski definition) is 1. The molecule has 0 heterocycles. The van der Waals surface area contributed by atoms with Gasteiger partial charge in [-0.3, -0.25) is 0 Å². The average Bonchev–Trinajstić information content (AvgIpc) is 2.31. The number of hydrogen-bond acceptors (Lipinski definition) is 2. The second-order valence-electron chi connectivity index (χ2n) is 5.06. The molecule has 2 rings (SSSR count). The van der Waals surface area contributed by atoms with Crippen molar-refractivity contribution in [3.05, 3.63) is 28.8 Å². The lowest BCUT2D eigenvalue weighted by molar-refractivity contribution is 0.00469. The molecular weight excluding hydrogens is 234 g/mol. The number of halogens is 1. The van der Waals surface area contributed by atoms with Crippen LogP contribution in [0.2, 0.25) is 5.02 Å². The lowest BCUT2D eigenvalue weighted by Gasteiger charge is -2.26. The predicted octanol–water partition coefficient (Wildman–Crippen LogP) is 4.02. The molecule has 2 N–H and O–H groups in total. The maximum absolute atomic E-state index is 5.94. The minimum absolute atomic E-state index is 0.413. The van der Waals surface area contributed by atoms with Crippen molar-refractivity contribution in [3.8, 4) is 0 Å². The Morgan fingerprint density at radius 3 is 2.94 bits per heavy atom. The fourth-order valence-corrected chi connectivity index (χ4v) is 2.54. The van der Waals surface area contributed by atoms with E-state index in [1.165, 1.54) is 25.7 Å². The fourth-order valence-electron chi connectivity index (χ4n) is 2.43. The molecule has 0 amide bonds. The van der Waals surface area contributed by atoms with Gasteiger partial charge in [-0.25, -0.2) is 0 Å². The van der Waals surface area contributed by atoms with E-state index in [1.54, 1.807) is 0 Å². The first kappa shape index (κ1) is 12.7. The van der Waals surface area contributed by atoms with Crippen LogP contribution in [-0.2, 0) is 11.3 Å². The van der Waals surface area contributed by atoms with Gasteiger partial charge in [0.25, 0.3) is 0 Å². The van der Waals surface area contributed by atoms with Crippen LogP contribution in [0.1, 0.15) is 38.2 Å².